The molecule has 26 heavy (non-hydrogen) atoms. The molecule has 0 spiro atoms. The summed E-state index contributed by atoms with van der Waals surface area (Å²) in [5.74, 6) is 1.09. The van der Waals surface area contributed by atoms with Crippen LogP contribution < -0.4 is 9.47 Å². The van der Waals surface area contributed by atoms with Crippen LogP contribution in [0, 0.1) is 6.92 Å². The molecule has 0 aliphatic rings. The van der Waals surface area contributed by atoms with Crippen LogP contribution in [-0.4, -0.2) is 5.24 Å². The van der Waals surface area contributed by atoms with Gasteiger partial charge in [0.1, 0.15) is 13.2 Å². The Kier molecular flexibility index (Phi) is 5.92. The predicted molar refractivity (Wildman–Crippen MR) is 103 cm³/mol. The van der Waals surface area contributed by atoms with Crippen molar-refractivity contribution >= 4 is 16.8 Å². The van der Waals surface area contributed by atoms with E-state index >= 15 is 0 Å². The van der Waals surface area contributed by atoms with Gasteiger partial charge in [0, 0.05) is 5.56 Å². The number of rotatable bonds is 7. The summed E-state index contributed by atoms with van der Waals surface area (Å²) >= 11 is 5.69. The fourth-order valence-corrected chi connectivity index (χ4v) is 2.77. The Bertz CT molecular complexity index is 877. The monoisotopic (exact) mass is 366 g/mol. The molecule has 3 rings (SSSR count). The molecule has 0 bridgehead atoms. The summed E-state index contributed by atoms with van der Waals surface area (Å²) in [7, 11) is 0. The van der Waals surface area contributed by atoms with Crippen molar-refractivity contribution in [3.63, 3.8) is 0 Å². The van der Waals surface area contributed by atoms with E-state index in [9.17, 15) is 4.79 Å². The van der Waals surface area contributed by atoms with Crippen LogP contribution in [0.2, 0.25) is 0 Å². The first-order valence-corrected chi connectivity index (χ1v) is 8.69. The molecule has 132 valence electrons. The Morgan fingerprint density at radius 3 is 1.73 bits per heavy atom. The molecule has 3 nitrogen and oxygen atoms in total. The fourth-order valence-electron chi connectivity index (χ4n) is 2.57. The molecule has 0 saturated heterocycles. The van der Waals surface area contributed by atoms with Gasteiger partial charge in [0.25, 0.3) is 5.24 Å². The summed E-state index contributed by atoms with van der Waals surface area (Å²) in [4.78, 5) is 11.7. The largest absolute Gasteiger partial charge is 0.485 e. The van der Waals surface area contributed by atoms with Gasteiger partial charge in [0.2, 0.25) is 0 Å². The third-order valence-corrected chi connectivity index (χ3v) is 4.18. The molecular weight excluding hydrogens is 348 g/mol. The Balaban J connectivity index is 1.83. The quantitative estimate of drug-likeness (QED) is 0.515. The molecule has 0 unspecified atom stereocenters. The highest BCUT2D eigenvalue weighted by atomic mass is 35.5. The van der Waals surface area contributed by atoms with Crippen LogP contribution in [-0.2, 0) is 13.2 Å². The molecule has 0 saturated carbocycles. The van der Waals surface area contributed by atoms with E-state index in [1.54, 1.807) is 12.1 Å². The minimum absolute atomic E-state index is 0.377. The Morgan fingerprint density at radius 1 is 0.808 bits per heavy atom. The minimum atomic E-state index is -0.512. The topological polar surface area (TPSA) is 35.5 Å². The number of benzene rings is 3. The number of halogens is 1. The van der Waals surface area contributed by atoms with Gasteiger partial charge in [-0.05, 0) is 47.3 Å². The summed E-state index contributed by atoms with van der Waals surface area (Å²) in [6, 6.07) is 23.1. The molecule has 0 radical (unpaired) electrons. The molecule has 0 N–H and O–H groups in total. The van der Waals surface area contributed by atoms with E-state index in [-0.39, 0.29) is 0 Å². The van der Waals surface area contributed by atoms with E-state index in [1.807, 2.05) is 67.6 Å². The lowest BCUT2D eigenvalue weighted by molar-refractivity contribution is 0.108. The van der Waals surface area contributed by atoms with Gasteiger partial charge in [0.05, 0.1) is 0 Å². The van der Waals surface area contributed by atoms with Gasteiger partial charge >= 0.3 is 0 Å². The molecule has 0 aliphatic carbocycles. The number of carbonyl (C=O) groups excluding carboxylic acids is 1. The maximum atomic E-state index is 11.7. The molecule has 0 aromatic heterocycles. The maximum absolute atomic E-state index is 11.7. The van der Waals surface area contributed by atoms with E-state index in [4.69, 9.17) is 21.1 Å². The van der Waals surface area contributed by atoms with E-state index < -0.39 is 5.24 Å². The highest BCUT2D eigenvalue weighted by Gasteiger charge is 2.14. The van der Waals surface area contributed by atoms with Gasteiger partial charge in [-0.15, -0.1) is 0 Å². The van der Waals surface area contributed by atoms with Crippen molar-refractivity contribution in [1.29, 1.82) is 0 Å². The second-order valence-electron chi connectivity index (χ2n) is 5.94. The van der Waals surface area contributed by atoms with Crippen LogP contribution in [0.25, 0.3) is 0 Å². The average Bonchev–Trinajstić information content (AvgIpc) is 2.67. The lowest BCUT2D eigenvalue weighted by Gasteiger charge is -2.15. The second-order valence-corrected chi connectivity index (χ2v) is 6.28. The van der Waals surface area contributed by atoms with E-state index in [1.165, 1.54) is 0 Å². The van der Waals surface area contributed by atoms with E-state index in [0.717, 1.165) is 16.7 Å². The molecule has 0 atom stereocenters. The van der Waals surface area contributed by atoms with Gasteiger partial charge < -0.3 is 9.47 Å². The van der Waals surface area contributed by atoms with E-state index in [2.05, 4.69) is 0 Å². The number of hydrogen-bond donors (Lipinski definition) is 0. The summed E-state index contributed by atoms with van der Waals surface area (Å²) < 4.78 is 11.9. The minimum Gasteiger partial charge on any atom is -0.485 e. The number of hydrogen-bond acceptors (Lipinski definition) is 3. The smallest absolute Gasteiger partial charge is 0.252 e. The summed E-state index contributed by atoms with van der Waals surface area (Å²) in [6.07, 6.45) is 0. The lowest BCUT2D eigenvalue weighted by atomic mass is 10.1. The van der Waals surface area contributed by atoms with Crippen LogP contribution >= 0.6 is 11.6 Å². The standard InChI is InChI=1S/C22H19ClO3/c1-16-12-20(25-14-17-8-4-2-5-9-17)21(13-19(16)22(23)24)26-15-18-10-6-3-7-11-18/h2-13H,14-15H2,1H3. The number of carbonyl (C=O) groups is 1. The van der Waals surface area contributed by atoms with Crippen molar-refractivity contribution < 1.29 is 14.3 Å². The Labute approximate surface area is 158 Å². The highest BCUT2D eigenvalue weighted by Crippen LogP contribution is 2.33. The second kappa shape index (κ2) is 8.54. The van der Waals surface area contributed by atoms with Gasteiger partial charge in [-0.25, -0.2) is 0 Å². The summed E-state index contributed by atoms with van der Waals surface area (Å²) in [6.45, 7) is 2.61. The first-order chi connectivity index (χ1) is 12.6. The average molecular weight is 367 g/mol. The zero-order chi connectivity index (χ0) is 18.4. The molecule has 4 heteroatoms. The Morgan fingerprint density at radius 2 is 1.27 bits per heavy atom. The maximum Gasteiger partial charge on any atom is 0.252 e. The molecule has 3 aromatic rings. The number of ether oxygens (including phenoxy) is 2. The van der Waals surface area contributed by atoms with Gasteiger partial charge in [-0.1, -0.05) is 60.7 Å². The normalized spacial score (nSPS) is 10.4. The van der Waals surface area contributed by atoms with Crippen LogP contribution in [0.3, 0.4) is 0 Å². The molecular formula is C22H19ClO3. The first-order valence-electron chi connectivity index (χ1n) is 8.31. The van der Waals surface area contributed by atoms with Crippen LogP contribution in [0.4, 0.5) is 0 Å². The zero-order valence-corrected chi connectivity index (χ0v) is 15.2. The van der Waals surface area contributed by atoms with Crippen molar-refractivity contribution in [3.05, 3.63) is 95.1 Å². The third kappa shape index (κ3) is 4.64. The van der Waals surface area contributed by atoms with Crippen molar-refractivity contribution in [1.82, 2.24) is 0 Å². The van der Waals surface area contributed by atoms with Crippen LogP contribution in [0.5, 0.6) is 11.5 Å². The van der Waals surface area contributed by atoms with Crippen molar-refractivity contribution in [2.24, 2.45) is 0 Å². The molecule has 0 aliphatic heterocycles. The lowest BCUT2D eigenvalue weighted by Crippen LogP contribution is -2.03. The van der Waals surface area contributed by atoms with Crippen molar-refractivity contribution in [3.8, 4) is 11.5 Å². The van der Waals surface area contributed by atoms with Crippen LogP contribution in [0.15, 0.2) is 72.8 Å². The summed E-state index contributed by atoms with van der Waals surface area (Å²) in [5, 5.41) is -0.512. The first kappa shape index (κ1) is 18.0. The van der Waals surface area contributed by atoms with Crippen LogP contribution in [0.1, 0.15) is 27.0 Å². The SMILES string of the molecule is Cc1cc(OCc2ccccc2)c(OCc2ccccc2)cc1C(=O)Cl. The van der Waals surface area contributed by atoms with Crippen molar-refractivity contribution in [2.45, 2.75) is 20.1 Å². The Hall–Kier alpha value is -2.78. The third-order valence-electron chi connectivity index (χ3n) is 3.98. The van der Waals surface area contributed by atoms with Gasteiger partial charge in [-0.3, -0.25) is 4.79 Å². The molecule has 0 heterocycles. The van der Waals surface area contributed by atoms with Gasteiger partial charge in [-0.2, -0.15) is 0 Å². The molecule has 0 amide bonds. The molecule has 3 aromatic carbocycles. The summed E-state index contributed by atoms with van der Waals surface area (Å²) in [5.41, 5.74) is 3.25. The van der Waals surface area contributed by atoms with Crippen molar-refractivity contribution in [2.75, 3.05) is 0 Å². The fraction of sp³-hybridized carbons (Fsp3) is 0.136. The number of aryl methyl sites for hydroxylation is 1. The predicted octanol–water partition coefficient (Wildman–Crippen LogP) is 5.53. The zero-order valence-electron chi connectivity index (χ0n) is 14.4. The van der Waals surface area contributed by atoms with Gasteiger partial charge in [0.15, 0.2) is 11.5 Å². The highest BCUT2D eigenvalue weighted by molar-refractivity contribution is 6.67. The van der Waals surface area contributed by atoms with E-state index in [0.29, 0.717) is 30.3 Å². The molecule has 0 fully saturated rings.